The average Bonchev–Trinajstić information content (AvgIpc) is 2.89. The Bertz CT molecular complexity index is 1550. The van der Waals surface area contributed by atoms with Gasteiger partial charge in [0.15, 0.2) is 11.5 Å². The van der Waals surface area contributed by atoms with Crippen LogP contribution >= 0.6 is 0 Å². The number of nitrogens with zero attached hydrogens (tertiary/aromatic N) is 3. The first kappa shape index (κ1) is 25.4. The smallest absolute Gasteiger partial charge is 0.269 e. The van der Waals surface area contributed by atoms with Gasteiger partial charge < -0.3 is 20.9 Å². The molecule has 0 unspecified atom stereocenters. The summed E-state index contributed by atoms with van der Waals surface area (Å²) in [6.07, 6.45) is 5.55. The summed E-state index contributed by atoms with van der Waals surface area (Å²) in [5.74, 6) is 1.37. The molecule has 0 amide bonds. The van der Waals surface area contributed by atoms with E-state index in [-0.39, 0.29) is 29.5 Å². The van der Waals surface area contributed by atoms with Gasteiger partial charge in [-0.05, 0) is 52.6 Å². The van der Waals surface area contributed by atoms with E-state index in [9.17, 15) is 18.5 Å². The molecule has 1 aliphatic rings. The molecule has 3 aromatic rings. The quantitative estimate of drug-likeness (QED) is 0.255. The molecular weight excluding hydrogens is 498 g/mol. The van der Waals surface area contributed by atoms with E-state index in [4.69, 9.17) is 20.9 Å². The standard InChI is InChI=1S/C25H23N5O6S/c1-35-22-9-2-15(10-18-13-28-25(27)29-24(18)26)11-23(22)36-14-17-5-8-20(37(33)34)12-21(17)16-3-6-19(7-4-16)30(31)32/h2-7,9,11-13H,8,10,14H2,1H3,(H4,26,27,28,29). The predicted molar refractivity (Wildman–Crippen MR) is 140 cm³/mol. The van der Waals surface area contributed by atoms with Crippen LogP contribution in [0.15, 0.2) is 66.4 Å². The first-order valence-electron chi connectivity index (χ1n) is 11.0. The lowest BCUT2D eigenvalue weighted by Crippen LogP contribution is -2.11. The Kier molecular flexibility index (Phi) is 7.49. The second-order valence-electron chi connectivity index (χ2n) is 8.09. The summed E-state index contributed by atoms with van der Waals surface area (Å²) in [4.78, 5) is 18.7. The van der Waals surface area contributed by atoms with E-state index >= 15 is 0 Å². The number of benzene rings is 2. The van der Waals surface area contributed by atoms with Crippen molar-refractivity contribution in [2.75, 3.05) is 25.2 Å². The van der Waals surface area contributed by atoms with Gasteiger partial charge in [-0.25, -0.2) is 4.98 Å². The number of ether oxygens (including phenoxy) is 2. The monoisotopic (exact) mass is 521 g/mol. The van der Waals surface area contributed by atoms with Crippen LogP contribution in [0.4, 0.5) is 17.5 Å². The SMILES string of the molecule is COc1ccc(Cc2cnc(N)nc2N)cc1OCC1=CCC(=S(=O)=O)C=C1c1ccc([N+](=O)[O-])cc1. The molecule has 1 aromatic heterocycles. The van der Waals surface area contributed by atoms with Gasteiger partial charge in [-0.3, -0.25) is 10.1 Å². The van der Waals surface area contributed by atoms with Crippen LogP contribution in [-0.4, -0.2) is 41.9 Å². The number of aromatic nitrogens is 2. The molecule has 0 fully saturated rings. The first-order chi connectivity index (χ1) is 17.7. The molecule has 4 rings (SSSR count). The van der Waals surface area contributed by atoms with Gasteiger partial charge in [0.2, 0.25) is 16.2 Å². The van der Waals surface area contributed by atoms with Crippen molar-refractivity contribution in [3.05, 3.63) is 93.2 Å². The second-order valence-corrected chi connectivity index (χ2v) is 9.08. The number of non-ortho nitro benzene ring substituents is 1. The molecular formula is C25H23N5O6S. The number of nitrogen functional groups attached to an aromatic ring is 2. The zero-order valence-corrected chi connectivity index (χ0v) is 20.6. The van der Waals surface area contributed by atoms with Crippen molar-refractivity contribution in [2.24, 2.45) is 0 Å². The minimum absolute atomic E-state index is 0.0627. The largest absolute Gasteiger partial charge is 0.493 e. The lowest BCUT2D eigenvalue weighted by molar-refractivity contribution is -0.384. The van der Waals surface area contributed by atoms with Gasteiger partial charge in [-0.2, -0.15) is 13.4 Å². The van der Waals surface area contributed by atoms with Gasteiger partial charge in [0.05, 0.1) is 16.9 Å². The highest BCUT2D eigenvalue weighted by atomic mass is 32.2. The van der Waals surface area contributed by atoms with E-state index in [1.807, 2.05) is 12.1 Å². The topological polar surface area (TPSA) is 174 Å². The molecule has 1 heterocycles. The van der Waals surface area contributed by atoms with E-state index in [1.54, 1.807) is 36.5 Å². The third-order valence-corrected chi connectivity index (χ3v) is 6.44. The second kappa shape index (κ2) is 10.9. The van der Waals surface area contributed by atoms with Crippen LogP contribution in [0, 0.1) is 10.1 Å². The van der Waals surface area contributed by atoms with E-state index < -0.39 is 15.2 Å². The summed E-state index contributed by atoms with van der Waals surface area (Å²) in [5, 5.41) is 11.0. The van der Waals surface area contributed by atoms with Gasteiger partial charge in [0.1, 0.15) is 12.4 Å². The highest BCUT2D eigenvalue weighted by molar-refractivity contribution is 7.73. The van der Waals surface area contributed by atoms with Gasteiger partial charge >= 0.3 is 0 Å². The molecule has 190 valence electrons. The Morgan fingerprint density at radius 3 is 2.51 bits per heavy atom. The Hall–Kier alpha value is -4.71. The maximum atomic E-state index is 11.6. The zero-order valence-electron chi connectivity index (χ0n) is 19.7. The highest BCUT2D eigenvalue weighted by Crippen LogP contribution is 2.33. The number of hydrogen-bond acceptors (Lipinski definition) is 10. The molecule has 4 N–H and O–H groups in total. The van der Waals surface area contributed by atoms with E-state index in [0.717, 1.165) is 11.1 Å². The number of nitro groups is 1. The lowest BCUT2D eigenvalue weighted by atomic mass is 9.92. The summed E-state index contributed by atoms with van der Waals surface area (Å²) in [5.41, 5.74) is 15.0. The Balaban J connectivity index is 1.60. The Morgan fingerprint density at radius 2 is 1.86 bits per heavy atom. The van der Waals surface area contributed by atoms with Crippen molar-refractivity contribution in [3.63, 3.8) is 0 Å². The molecule has 1 aliphatic carbocycles. The van der Waals surface area contributed by atoms with Crippen molar-refractivity contribution in [3.8, 4) is 11.5 Å². The van der Waals surface area contributed by atoms with Crippen LogP contribution < -0.4 is 20.9 Å². The van der Waals surface area contributed by atoms with Crippen LogP contribution in [0.2, 0.25) is 0 Å². The normalized spacial score (nSPS) is 12.9. The number of rotatable bonds is 8. The van der Waals surface area contributed by atoms with Crippen molar-refractivity contribution < 1.29 is 22.8 Å². The van der Waals surface area contributed by atoms with Crippen molar-refractivity contribution in [1.82, 2.24) is 9.97 Å². The summed E-state index contributed by atoms with van der Waals surface area (Å²) in [7, 11) is -0.868. The molecule has 0 saturated carbocycles. The first-order valence-corrected chi connectivity index (χ1v) is 12.1. The molecule has 37 heavy (non-hydrogen) atoms. The molecule has 12 heteroatoms. The summed E-state index contributed by atoms with van der Waals surface area (Å²) < 4.78 is 34.8. The molecule has 0 radical (unpaired) electrons. The minimum atomic E-state index is -2.40. The fourth-order valence-corrected chi connectivity index (χ4v) is 4.25. The van der Waals surface area contributed by atoms with Crippen molar-refractivity contribution in [1.29, 1.82) is 0 Å². The fourth-order valence-electron chi connectivity index (χ4n) is 3.82. The van der Waals surface area contributed by atoms with E-state index in [1.165, 1.54) is 19.2 Å². The van der Waals surface area contributed by atoms with Gasteiger partial charge in [0, 0.05) is 36.7 Å². The highest BCUT2D eigenvalue weighted by Gasteiger charge is 2.18. The zero-order chi connectivity index (χ0) is 26.5. The predicted octanol–water partition coefficient (Wildman–Crippen LogP) is 2.99. The van der Waals surface area contributed by atoms with Gasteiger partial charge in [-0.1, -0.05) is 12.1 Å². The number of hydrogen-bond donors (Lipinski definition) is 2. The van der Waals surface area contributed by atoms with Crippen molar-refractivity contribution >= 4 is 38.2 Å². The minimum Gasteiger partial charge on any atom is -0.493 e. The maximum absolute atomic E-state index is 11.6. The van der Waals surface area contributed by atoms with Crippen LogP contribution in [0.5, 0.6) is 11.5 Å². The molecule has 11 nitrogen and oxygen atoms in total. The molecule has 0 saturated heterocycles. The van der Waals surface area contributed by atoms with Crippen molar-refractivity contribution in [2.45, 2.75) is 12.8 Å². The molecule has 0 bridgehead atoms. The third kappa shape index (κ3) is 5.93. The molecule has 0 aliphatic heterocycles. The van der Waals surface area contributed by atoms with Gasteiger partial charge in [0.25, 0.3) is 5.69 Å². The molecule has 0 spiro atoms. The third-order valence-electron chi connectivity index (χ3n) is 5.73. The summed E-state index contributed by atoms with van der Waals surface area (Å²) in [6, 6.07) is 11.4. The summed E-state index contributed by atoms with van der Waals surface area (Å²) in [6.45, 7) is 0.106. The Morgan fingerprint density at radius 1 is 1.11 bits per heavy atom. The number of methoxy groups -OCH3 is 1. The number of nitrogens with two attached hydrogens (primary N) is 2. The number of anilines is 2. The van der Waals surface area contributed by atoms with Crippen LogP contribution in [-0.2, 0) is 16.7 Å². The van der Waals surface area contributed by atoms with Crippen LogP contribution in [0.25, 0.3) is 5.57 Å². The molecule has 0 atom stereocenters. The maximum Gasteiger partial charge on any atom is 0.269 e. The number of nitro benzene ring substituents is 1. The average molecular weight is 522 g/mol. The van der Waals surface area contributed by atoms with Crippen LogP contribution in [0.1, 0.15) is 23.1 Å². The molecule has 2 aromatic carbocycles. The fraction of sp³-hybridized carbons (Fsp3) is 0.160. The Labute approximate surface area is 213 Å². The van der Waals surface area contributed by atoms with E-state index in [0.29, 0.717) is 40.4 Å². The van der Waals surface area contributed by atoms with Gasteiger partial charge in [-0.15, -0.1) is 0 Å². The summed E-state index contributed by atoms with van der Waals surface area (Å²) >= 11 is 0. The van der Waals surface area contributed by atoms with Crippen LogP contribution in [0.3, 0.4) is 0 Å². The number of allylic oxidation sites excluding steroid dienone is 2. The lowest BCUT2D eigenvalue weighted by Gasteiger charge is -2.19. The van der Waals surface area contributed by atoms with E-state index in [2.05, 4.69) is 9.97 Å².